The van der Waals surface area contributed by atoms with Crippen LogP contribution in [-0.4, -0.2) is 24.6 Å². The first-order valence-corrected chi connectivity index (χ1v) is 8.20. The fraction of sp³-hybridized carbons (Fsp3) is 0.0667. The lowest BCUT2D eigenvalue weighted by atomic mass is 10.0. The maximum absolute atomic E-state index is 11.5. The van der Waals surface area contributed by atoms with Crippen molar-refractivity contribution in [2.45, 2.75) is 0 Å². The molecular formula is C15H13N3O2S. The van der Waals surface area contributed by atoms with E-state index in [0.29, 0.717) is 11.2 Å². The van der Waals surface area contributed by atoms with Crippen molar-refractivity contribution in [1.82, 2.24) is 9.97 Å². The largest absolute Gasteiger partial charge is 0.282 e. The van der Waals surface area contributed by atoms with Crippen LogP contribution in [0.4, 0.5) is 5.69 Å². The van der Waals surface area contributed by atoms with Gasteiger partial charge in [0.05, 0.1) is 17.5 Å². The number of hydrogen-bond donors (Lipinski definition) is 1. The molecule has 3 rings (SSSR count). The fourth-order valence-corrected chi connectivity index (χ4v) is 2.80. The topological polar surface area (TPSA) is 72.0 Å². The highest BCUT2D eigenvalue weighted by Crippen LogP contribution is 2.31. The van der Waals surface area contributed by atoms with Crippen LogP contribution in [0.2, 0.25) is 0 Å². The standard InChI is InChI=1S/C15H13N3O2S/c1-21(19,20)18-14-5-4-12(11-6-9-16-10-7-11)13-3-2-8-17-15(13)14/h2-10,18H,1H3. The van der Waals surface area contributed by atoms with Gasteiger partial charge in [0, 0.05) is 24.0 Å². The number of benzene rings is 1. The second-order valence-corrected chi connectivity index (χ2v) is 6.42. The van der Waals surface area contributed by atoms with Crippen LogP contribution < -0.4 is 4.72 Å². The molecule has 0 amide bonds. The smallest absolute Gasteiger partial charge is 0.229 e. The van der Waals surface area contributed by atoms with Crippen LogP contribution in [0.3, 0.4) is 0 Å². The van der Waals surface area contributed by atoms with Crippen molar-refractivity contribution in [1.29, 1.82) is 0 Å². The summed E-state index contributed by atoms with van der Waals surface area (Å²) >= 11 is 0. The van der Waals surface area contributed by atoms with Crippen molar-refractivity contribution in [2.75, 3.05) is 11.0 Å². The van der Waals surface area contributed by atoms with Gasteiger partial charge in [-0.2, -0.15) is 0 Å². The van der Waals surface area contributed by atoms with Crippen LogP contribution in [-0.2, 0) is 10.0 Å². The van der Waals surface area contributed by atoms with Gasteiger partial charge in [-0.25, -0.2) is 8.42 Å². The predicted molar refractivity (Wildman–Crippen MR) is 83.4 cm³/mol. The molecule has 1 aromatic carbocycles. The molecular weight excluding hydrogens is 286 g/mol. The molecule has 2 heterocycles. The molecule has 6 heteroatoms. The van der Waals surface area contributed by atoms with Gasteiger partial charge < -0.3 is 0 Å². The second-order valence-electron chi connectivity index (χ2n) is 4.67. The molecule has 21 heavy (non-hydrogen) atoms. The number of hydrogen-bond acceptors (Lipinski definition) is 4. The van der Waals surface area contributed by atoms with E-state index < -0.39 is 10.0 Å². The van der Waals surface area contributed by atoms with E-state index in [1.54, 1.807) is 24.7 Å². The van der Waals surface area contributed by atoms with Crippen molar-refractivity contribution in [3.63, 3.8) is 0 Å². The van der Waals surface area contributed by atoms with Crippen LogP contribution in [0.1, 0.15) is 0 Å². The summed E-state index contributed by atoms with van der Waals surface area (Å²) in [6, 6.07) is 11.2. The Morgan fingerprint density at radius 2 is 1.76 bits per heavy atom. The Morgan fingerprint density at radius 3 is 2.48 bits per heavy atom. The highest BCUT2D eigenvalue weighted by atomic mass is 32.2. The molecule has 0 spiro atoms. The Hall–Kier alpha value is -2.47. The fourth-order valence-electron chi connectivity index (χ4n) is 2.24. The summed E-state index contributed by atoms with van der Waals surface area (Å²) in [5.41, 5.74) is 3.09. The monoisotopic (exact) mass is 299 g/mol. The second kappa shape index (κ2) is 5.14. The van der Waals surface area contributed by atoms with Crippen LogP contribution >= 0.6 is 0 Å². The molecule has 2 aromatic heterocycles. The first-order valence-electron chi connectivity index (χ1n) is 6.30. The van der Waals surface area contributed by atoms with Crippen molar-refractivity contribution in [3.8, 4) is 11.1 Å². The normalized spacial score (nSPS) is 11.5. The Bertz CT molecular complexity index is 893. The molecule has 3 aromatic rings. The van der Waals surface area contributed by atoms with Gasteiger partial charge in [-0.1, -0.05) is 12.1 Å². The molecule has 0 aliphatic heterocycles. The number of rotatable bonds is 3. The third-order valence-corrected chi connectivity index (χ3v) is 3.65. The number of sulfonamides is 1. The van der Waals surface area contributed by atoms with Gasteiger partial charge in [0.25, 0.3) is 0 Å². The molecule has 106 valence electrons. The molecule has 0 aliphatic rings. The first-order chi connectivity index (χ1) is 10.0. The van der Waals surface area contributed by atoms with E-state index in [2.05, 4.69) is 14.7 Å². The number of nitrogens with zero attached hydrogens (tertiary/aromatic N) is 2. The summed E-state index contributed by atoms with van der Waals surface area (Å²) in [4.78, 5) is 8.32. The minimum absolute atomic E-state index is 0.478. The number of aromatic nitrogens is 2. The third kappa shape index (κ3) is 2.85. The van der Waals surface area contributed by atoms with Crippen molar-refractivity contribution < 1.29 is 8.42 Å². The van der Waals surface area contributed by atoms with Crippen molar-refractivity contribution >= 4 is 26.6 Å². The Morgan fingerprint density at radius 1 is 1.00 bits per heavy atom. The average molecular weight is 299 g/mol. The number of fused-ring (bicyclic) bond motifs is 1. The highest BCUT2D eigenvalue weighted by Gasteiger charge is 2.11. The summed E-state index contributed by atoms with van der Waals surface area (Å²) in [7, 11) is -3.35. The number of anilines is 1. The summed E-state index contributed by atoms with van der Waals surface area (Å²) in [6.07, 6.45) is 6.21. The summed E-state index contributed by atoms with van der Waals surface area (Å²) in [5.74, 6) is 0. The zero-order chi connectivity index (χ0) is 14.9. The number of nitrogens with one attached hydrogen (secondary N) is 1. The maximum atomic E-state index is 11.5. The first kappa shape index (κ1) is 13.5. The zero-order valence-corrected chi connectivity index (χ0v) is 12.1. The lowest BCUT2D eigenvalue weighted by molar-refractivity contribution is 0.607. The van der Waals surface area contributed by atoms with Crippen LogP contribution in [0.25, 0.3) is 22.0 Å². The molecule has 0 fully saturated rings. The highest BCUT2D eigenvalue weighted by molar-refractivity contribution is 7.92. The van der Waals surface area contributed by atoms with E-state index in [9.17, 15) is 8.42 Å². The number of pyridine rings is 2. The van der Waals surface area contributed by atoms with E-state index in [1.807, 2.05) is 30.3 Å². The van der Waals surface area contributed by atoms with Crippen LogP contribution in [0.5, 0.6) is 0 Å². The van der Waals surface area contributed by atoms with Gasteiger partial charge in [-0.05, 0) is 35.4 Å². The van der Waals surface area contributed by atoms with Gasteiger partial charge in [0.2, 0.25) is 10.0 Å². The van der Waals surface area contributed by atoms with Crippen molar-refractivity contribution in [2.24, 2.45) is 0 Å². The van der Waals surface area contributed by atoms with E-state index >= 15 is 0 Å². The minimum Gasteiger partial charge on any atom is -0.282 e. The summed E-state index contributed by atoms with van der Waals surface area (Å²) in [5, 5.41) is 0.886. The molecule has 0 aliphatic carbocycles. The van der Waals surface area contributed by atoms with E-state index in [-0.39, 0.29) is 0 Å². The molecule has 0 saturated carbocycles. The quantitative estimate of drug-likeness (QED) is 0.807. The lowest BCUT2D eigenvalue weighted by Gasteiger charge is -2.11. The van der Waals surface area contributed by atoms with Gasteiger partial charge in [0.1, 0.15) is 0 Å². The molecule has 1 N–H and O–H groups in total. The van der Waals surface area contributed by atoms with Crippen LogP contribution in [0.15, 0.2) is 55.0 Å². The van der Waals surface area contributed by atoms with E-state index in [0.717, 1.165) is 22.8 Å². The minimum atomic E-state index is -3.35. The molecule has 0 unspecified atom stereocenters. The predicted octanol–water partition coefficient (Wildman–Crippen LogP) is 2.67. The van der Waals surface area contributed by atoms with E-state index in [4.69, 9.17) is 0 Å². The molecule has 0 bridgehead atoms. The summed E-state index contributed by atoms with van der Waals surface area (Å²) < 4.78 is 25.4. The van der Waals surface area contributed by atoms with Gasteiger partial charge in [-0.15, -0.1) is 0 Å². The van der Waals surface area contributed by atoms with Gasteiger partial charge >= 0.3 is 0 Å². The summed E-state index contributed by atoms with van der Waals surface area (Å²) in [6.45, 7) is 0. The molecule has 0 atom stereocenters. The molecule has 5 nitrogen and oxygen atoms in total. The SMILES string of the molecule is CS(=O)(=O)Nc1ccc(-c2ccncc2)c2cccnc12. The Labute approximate surface area is 122 Å². The Kier molecular flexibility index (Phi) is 3.31. The van der Waals surface area contributed by atoms with E-state index in [1.165, 1.54) is 0 Å². The van der Waals surface area contributed by atoms with Crippen molar-refractivity contribution in [3.05, 3.63) is 55.0 Å². The molecule has 0 saturated heterocycles. The maximum Gasteiger partial charge on any atom is 0.229 e. The van der Waals surface area contributed by atoms with Crippen LogP contribution in [0, 0.1) is 0 Å². The average Bonchev–Trinajstić information content (AvgIpc) is 2.47. The van der Waals surface area contributed by atoms with Gasteiger partial charge in [0.15, 0.2) is 0 Å². The zero-order valence-electron chi connectivity index (χ0n) is 11.3. The third-order valence-electron chi connectivity index (χ3n) is 3.06. The lowest BCUT2D eigenvalue weighted by Crippen LogP contribution is -2.10. The van der Waals surface area contributed by atoms with Gasteiger partial charge in [-0.3, -0.25) is 14.7 Å². The molecule has 0 radical (unpaired) electrons. The Balaban J connectivity index is 2.25.